The van der Waals surface area contributed by atoms with Gasteiger partial charge in [0.2, 0.25) is 5.91 Å². The van der Waals surface area contributed by atoms with Crippen molar-refractivity contribution in [2.75, 3.05) is 26.2 Å². The first kappa shape index (κ1) is 16.7. The summed E-state index contributed by atoms with van der Waals surface area (Å²) in [4.78, 5) is 25.5. The molecule has 0 aromatic carbocycles. The summed E-state index contributed by atoms with van der Waals surface area (Å²) >= 11 is 0. The number of carbonyl (C=O) groups excluding carboxylic acids is 1. The molecule has 0 radical (unpaired) electrons. The third kappa shape index (κ3) is 4.96. The fourth-order valence-electron chi connectivity index (χ4n) is 2.56. The maximum absolute atomic E-state index is 12.1. The zero-order chi connectivity index (χ0) is 15.0. The number of rotatable bonds is 8. The predicted octanol–water partition coefficient (Wildman–Crippen LogP) is 1.50. The molecular formula is C15H26N2O3. The van der Waals surface area contributed by atoms with Crippen LogP contribution in [0.5, 0.6) is 0 Å². The Morgan fingerprint density at radius 2 is 1.80 bits per heavy atom. The van der Waals surface area contributed by atoms with Crippen molar-refractivity contribution in [3.63, 3.8) is 0 Å². The van der Waals surface area contributed by atoms with E-state index in [-0.39, 0.29) is 5.91 Å². The average molecular weight is 282 g/mol. The average Bonchev–Trinajstić information content (AvgIpc) is 2.47. The summed E-state index contributed by atoms with van der Waals surface area (Å²) in [6.45, 7) is 7.84. The number of hydrogen-bond donors (Lipinski definition) is 2. The van der Waals surface area contributed by atoms with Crippen LogP contribution >= 0.6 is 0 Å². The van der Waals surface area contributed by atoms with Gasteiger partial charge < -0.3 is 15.3 Å². The summed E-state index contributed by atoms with van der Waals surface area (Å²) in [5.41, 5.74) is 0. The molecule has 5 heteroatoms. The normalized spacial score (nSPS) is 21.9. The molecule has 2 N–H and O–H groups in total. The molecule has 0 saturated carbocycles. The second kappa shape index (κ2) is 8.74. The number of nitrogens with one attached hydrogen (secondary N) is 1. The van der Waals surface area contributed by atoms with Crippen molar-refractivity contribution in [1.82, 2.24) is 10.2 Å². The Morgan fingerprint density at radius 3 is 2.35 bits per heavy atom. The maximum Gasteiger partial charge on any atom is 0.307 e. The number of allylic oxidation sites excluding steroid dienone is 2. The highest BCUT2D eigenvalue weighted by Gasteiger charge is 2.33. The van der Waals surface area contributed by atoms with Crippen molar-refractivity contribution < 1.29 is 14.7 Å². The van der Waals surface area contributed by atoms with Crippen LogP contribution in [-0.4, -0.2) is 48.1 Å². The molecule has 0 aromatic rings. The number of amides is 1. The molecule has 0 aromatic heterocycles. The second-order valence-electron chi connectivity index (χ2n) is 5.17. The van der Waals surface area contributed by atoms with Crippen LogP contribution in [0, 0.1) is 11.8 Å². The van der Waals surface area contributed by atoms with Crippen molar-refractivity contribution in [1.29, 1.82) is 0 Å². The molecule has 5 nitrogen and oxygen atoms in total. The molecule has 0 bridgehead atoms. The monoisotopic (exact) mass is 282 g/mol. The van der Waals surface area contributed by atoms with Crippen LogP contribution in [0.3, 0.4) is 0 Å². The molecule has 1 amide bonds. The van der Waals surface area contributed by atoms with E-state index in [9.17, 15) is 9.59 Å². The molecule has 2 atom stereocenters. The molecule has 1 rings (SSSR count). The van der Waals surface area contributed by atoms with Gasteiger partial charge in [0.1, 0.15) is 0 Å². The van der Waals surface area contributed by atoms with Crippen molar-refractivity contribution in [3.8, 4) is 0 Å². The molecule has 0 fully saturated rings. The lowest BCUT2D eigenvalue weighted by Crippen LogP contribution is -2.39. The first-order chi connectivity index (χ1) is 9.60. The van der Waals surface area contributed by atoms with Gasteiger partial charge in [-0.1, -0.05) is 26.0 Å². The second-order valence-corrected chi connectivity index (χ2v) is 5.17. The van der Waals surface area contributed by atoms with Gasteiger partial charge in [-0.05, 0) is 38.9 Å². The number of hydrogen-bond acceptors (Lipinski definition) is 3. The Bertz CT molecular complexity index is 351. The minimum atomic E-state index is -0.877. The molecule has 2 unspecified atom stereocenters. The number of nitrogens with zero attached hydrogens (tertiary/aromatic N) is 1. The van der Waals surface area contributed by atoms with Crippen LogP contribution in [-0.2, 0) is 9.59 Å². The Labute approximate surface area is 121 Å². The van der Waals surface area contributed by atoms with Crippen molar-refractivity contribution in [2.24, 2.45) is 11.8 Å². The van der Waals surface area contributed by atoms with Gasteiger partial charge in [-0.15, -0.1) is 0 Å². The summed E-state index contributed by atoms with van der Waals surface area (Å²) in [5.74, 6) is -2.01. The smallest absolute Gasteiger partial charge is 0.307 e. The topological polar surface area (TPSA) is 69.6 Å². The largest absolute Gasteiger partial charge is 0.481 e. The van der Waals surface area contributed by atoms with Crippen LogP contribution in [0.4, 0.5) is 0 Å². The standard InChI is InChI=1S/C15H26N2O3/c1-3-17(4-2)11-7-10-16-14(18)12-8-5-6-9-13(12)15(19)20/h5-6,12-13H,3-4,7-11H2,1-2H3,(H,16,18)(H,19,20). The van der Waals surface area contributed by atoms with E-state index >= 15 is 0 Å². The summed E-state index contributed by atoms with van der Waals surface area (Å²) in [5, 5.41) is 12.0. The van der Waals surface area contributed by atoms with Crippen LogP contribution in [0.2, 0.25) is 0 Å². The summed E-state index contributed by atoms with van der Waals surface area (Å²) in [6.07, 6.45) is 5.63. The molecule has 0 heterocycles. The molecular weight excluding hydrogens is 256 g/mol. The molecule has 0 saturated heterocycles. The van der Waals surface area contributed by atoms with Gasteiger partial charge in [0, 0.05) is 6.54 Å². The number of carboxylic acids is 1. The van der Waals surface area contributed by atoms with Gasteiger partial charge in [-0.25, -0.2) is 0 Å². The zero-order valence-electron chi connectivity index (χ0n) is 12.5. The van der Waals surface area contributed by atoms with Gasteiger partial charge in [-0.3, -0.25) is 9.59 Å². The molecule has 114 valence electrons. The molecule has 1 aliphatic carbocycles. The van der Waals surface area contributed by atoms with Crippen LogP contribution < -0.4 is 5.32 Å². The Hall–Kier alpha value is -1.36. The van der Waals surface area contributed by atoms with E-state index < -0.39 is 17.8 Å². The lowest BCUT2D eigenvalue weighted by atomic mass is 9.82. The van der Waals surface area contributed by atoms with Gasteiger partial charge in [0.25, 0.3) is 0 Å². The van der Waals surface area contributed by atoms with E-state index in [0.29, 0.717) is 19.4 Å². The first-order valence-electron chi connectivity index (χ1n) is 7.48. The number of carboxylic acid groups (broad SMARTS) is 1. The van der Waals surface area contributed by atoms with E-state index in [1.54, 1.807) is 0 Å². The maximum atomic E-state index is 12.1. The minimum absolute atomic E-state index is 0.124. The lowest BCUT2D eigenvalue weighted by molar-refractivity contribution is -0.147. The quantitative estimate of drug-likeness (QED) is 0.523. The summed E-state index contributed by atoms with van der Waals surface area (Å²) in [7, 11) is 0. The molecule has 0 spiro atoms. The van der Waals surface area contributed by atoms with Crippen molar-refractivity contribution >= 4 is 11.9 Å². The van der Waals surface area contributed by atoms with Crippen LogP contribution in [0.1, 0.15) is 33.1 Å². The zero-order valence-corrected chi connectivity index (χ0v) is 12.5. The highest BCUT2D eigenvalue weighted by atomic mass is 16.4. The van der Waals surface area contributed by atoms with E-state index in [0.717, 1.165) is 26.1 Å². The Morgan fingerprint density at radius 1 is 1.20 bits per heavy atom. The first-order valence-corrected chi connectivity index (χ1v) is 7.48. The van der Waals surface area contributed by atoms with Gasteiger partial charge >= 0.3 is 5.97 Å². The Kier molecular flexibility index (Phi) is 7.30. The number of aliphatic carboxylic acids is 1. The van der Waals surface area contributed by atoms with Gasteiger partial charge in [0.05, 0.1) is 11.8 Å². The fourth-order valence-corrected chi connectivity index (χ4v) is 2.56. The van der Waals surface area contributed by atoms with Crippen LogP contribution in [0.25, 0.3) is 0 Å². The summed E-state index contributed by atoms with van der Waals surface area (Å²) in [6, 6.07) is 0. The van der Waals surface area contributed by atoms with E-state index in [1.807, 2.05) is 12.2 Å². The fraction of sp³-hybridized carbons (Fsp3) is 0.733. The SMILES string of the molecule is CCN(CC)CCCNC(=O)C1CC=CCC1C(=O)O. The van der Waals surface area contributed by atoms with Crippen molar-refractivity contribution in [2.45, 2.75) is 33.1 Å². The van der Waals surface area contributed by atoms with Crippen LogP contribution in [0.15, 0.2) is 12.2 Å². The van der Waals surface area contributed by atoms with Gasteiger partial charge in [-0.2, -0.15) is 0 Å². The minimum Gasteiger partial charge on any atom is -0.481 e. The van der Waals surface area contributed by atoms with Crippen molar-refractivity contribution in [3.05, 3.63) is 12.2 Å². The van der Waals surface area contributed by atoms with E-state index in [4.69, 9.17) is 5.11 Å². The highest BCUT2D eigenvalue weighted by molar-refractivity contribution is 5.85. The van der Waals surface area contributed by atoms with Gasteiger partial charge in [0.15, 0.2) is 0 Å². The predicted molar refractivity (Wildman–Crippen MR) is 78.4 cm³/mol. The summed E-state index contributed by atoms with van der Waals surface area (Å²) < 4.78 is 0. The lowest BCUT2D eigenvalue weighted by Gasteiger charge is -2.24. The van der Waals surface area contributed by atoms with E-state index in [2.05, 4.69) is 24.1 Å². The third-order valence-electron chi connectivity index (χ3n) is 3.93. The Balaban J connectivity index is 2.34. The highest BCUT2D eigenvalue weighted by Crippen LogP contribution is 2.25. The third-order valence-corrected chi connectivity index (χ3v) is 3.93. The number of carbonyl (C=O) groups is 2. The van der Waals surface area contributed by atoms with E-state index in [1.165, 1.54) is 0 Å². The molecule has 0 aliphatic heterocycles. The molecule has 20 heavy (non-hydrogen) atoms. The molecule has 1 aliphatic rings.